The highest BCUT2D eigenvalue weighted by Gasteiger charge is 2.18. The Morgan fingerprint density at radius 1 is 1.40 bits per heavy atom. The molecule has 3 N–H and O–H groups in total. The molecule has 3 aromatic rings. The molecule has 0 aliphatic carbocycles. The van der Waals surface area contributed by atoms with Gasteiger partial charge in [-0.05, 0) is 32.0 Å². The minimum Gasteiger partial charge on any atom is -0.355 e. The number of nitrogens with one attached hydrogen (secondary N) is 2. The van der Waals surface area contributed by atoms with Crippen molar-refractivity contribution < 1.29 is 14.4 Å². The Labute approximate surface area is 143 Å². The standard InChI is InChI=1S/C17H18FN5O2/c1-3-23-16-13(9-20-23)15(6-7-19-16)21-11-4-5-12(14(18)8-11)10(2)17(24)22-25/h4-10,25H,3H2,1-2H3,(H,19,21)(H,22,24). The molecule has 0 saturated heterocycles. The van der Waals surface area contributed by atoms with Crippen LogP contribution in [0, 0.1) is 5.82 Å². The average molecular weight is 343 g/mol. The molecular formula is C17H18FN5O2. The van der Waals surface area contributed by atoms with Crippen LogP contribution in [0.1, 0.15) is 25.3 Å². The summed E-state index contributed by atoms with van der Waals surface area (Å²) in [5, 5.41) is 16.9. The van der Waals surface area contributed by atoms with Crippen LogP contribution in [0.4, 0.5) is 15.8 Å². The summed E-state index contributed by atoms with van der Waals surface area (Å²) in [5.74, 6) is -1.99. The van der Waals surface area contributed by atoms with E-state index in [0.29, 0.717) is 12.2 Å². The van der Waals surface area contributed by atoms with E-state index in [1.54, 1.807) is 29.2 Å². The van der Waals surface area contributed by atoms with E-state index in [-0.39, 0.29) is 5.56 Å². The number of carbonyl (C=O) groups excluding carboxylic acids is 1. The maximum Gasteiger partial charge on any atom is 0.250 e. The van der Waals surface area contributed by atoms with Crippen molar-refractivity contribution in [1.82, 2.24) is 20.2 Å². The summed E-state index contributed by atoms with van der Waals surface area (Å²) in [7, 11) is 0. The van der Waals surface area contributed by atoms with Crippen LogP contribution < -0.4 is 10.8 Å². The lowest BCUT2D eigenvalue weighted by Crippen LogP contribution is -2.25. The number of benzene rings is 1. The van der Waals surface area contributed by atoms with Crippen molar-refractivity contribution in [3.8, 4) is 0 Å². The minimum atomic E-state index is -0.797. The van der Waals surface area contributed by atoms with Crippen LogP contribution >= 0.6 is 0 Å². The number of amides is 1. The van der Waals surface area contributed by atoms with E-state index >= 15 is 0 Å². The van der Waals surface area contributed by atoms with Crippen molar-refractivity contribution in [3.05, 3.63) is 48.0 Å². The van der Waals surface area contributed by atoms with Gasteiger partial charge in [0.15, 0.2) is 5.65 Å². The predicted octanol–water partition coefficient (Wildman–Crippen LogP) is 2.94. The molecule has 130 valence electrons. The lowest BCUT2D eigenvalue weighted by Gasteiger charge is -2.13. The van der Waals surface area contributed by atoms with E-state index in [4.69, 9.17) is 5.21 Å². The fraction of sp³-hybridized carbons (Fsp3) is 0.235. The normalized spacial score (nSPS) is 12.2. The number of halogens is 1. The number of rotatable bonds is 5. The van der Waals surface area contributed by atoms with Crippen molar-refractivity contribution in [1.29, 1.82) is 0 Å². The van der Waals surface area contributed by atoms with Crippen LogP contribution in [0.3, 0.4) is 0 Å². The first-order valence-electron chi connectivity index (χ1n) is 7.86. The zero-order valence-corrected chi connectivity index (χ0v) is 13.8. The van der Waals surface area contributed by atoms with Crippen LogP contribution in [0.15, 0.2) is 36.7 Å². The van der Waals surface area contributed by atoms with Crippen LogP contribution in [0.2, 0.25) is 0 Å². The molecule has 8 heteroatoms. The maximum atomic E-state index is 14.3. The van der Waals surface area contributed by atoms with Crippen molar-refractivity contribution in [3.63, 3.8) is 0 Å². The summed E-state index contributed by atoms with van der Waals surface area (Å²) >= 11 is 0. The molecule has 0 radical (unpaired) electrons. The monoisotopic (exact) mass is 343 g/mol. The van der Waals surface area contributed by atoms with Gasteiger partial charge in [0.1, 0.15) is 5.82 Å². The molecule has 2 aromatic heterocycles. The van der Waals surface area contributed by atoms with Crippen molar-refractivity contribution in [2.45, 2.75) is 26.3 Å². The average Bonchev–Trinajstić information content (AvgIpc) is 3.05. The number of carbonyl (C=O) groups is 1. The van der Waals surface area contributed by atoms with E-state index in [1.165, 1.54) is 24.5 Å². The Morgan fingerprint density at radius 2 is 2.20 bits per heavy atom. The Balaban J connectivity index is 1.90. The van der Waals surface area contributed by atoms with Gasteiger partial charge < -0.3 is 5.32 Å². The lowest BCUT2D eigenvalue weighted by atomic mass is 9.99. The number of aromatic nitrogens is 3. The second-order valence-electron chi connectivity index (χ2n) is 5.62. The van der Waals surface area contributed by atoms with E-state index in [0.717, 1.165) is 16.7 Å². The van der Waals surface area contributed by atoms with Crippen molar-refractivity contribution >= 4 is 28.3 Å². The third-order valence-electron chi connectivity index (χ3n) is 4.09. The van der Waals surface area contributed by atoms with Crippen molar-refractivity contribution in [2.75, 3.05) is 5.32 Å². The summed E-state index contributed by atoms with van der Waals surface area (Å²) in [6, 6.07) is 6.30. The van der Waals surface area contributed by atoms with E-state index in [2.05, 4.69) is 15.4 Å². The number of hydrogen-bond donors (Lipinski definition) is 3. The summed E-state index contributed by atoms with van der Waals surface area (Å²) < 4.78 is 16.1. The Hall–Kier alpha value is -3.00. The molecule has 0 saturated carbocycles. The molecule has 0 aliphatic heterocycles. The lowest BCUT2D eigenvalue weighted by molar-refractivity contribution is -0.130. The molecule has 7 nitrogen and oxygen atoms in total. The fourth-order valence-electron chi connectivity index (χ4n) is 2.67. The minimum absolute atomic E-state index is 0.204. The number of pyridine rings is 1. The number of hydrogen-bond acceptors (Lipinski definition) is 5. The van der Waals surface area contributed by atoms with Gasteiger partial charge in [-0.3, -0.25) is 10.0 Å². The molecule has 3 rings (SSSR count). The topological polar surface area (TPSA) is 92.1 Å². The summed E-state index contributed by atoms with van der Waals surface area (Å²) in [6.07, 6.45) is 3.38. The first kappa shape index (κ1) is 16.8. The molecule has 0 aliphatic rings. The molecule has 0 fully saturated rings. The van der Waals surface area contributed by atoms with E-state index < -0.39 is 17.6 Å². The number of hydroxylamine groups is 1. The largest absolute Gasteiger partial charge is 0.355 e. The fourth-order valence-corrected chi connectivity index (χ4v) is 2.67. The first-order chi connectivity index (χ1) is 12.0. The van der Waals surface area contributed by atoms with Gasteiger partial charge in [-0.25, -0.2) is 19.5 Å². The highest BCUT2D eigenvalue weighted by Crippen LogP contribution is 2.27. The van der Waals surface area contributed by atoms with Crippen LogP contribution in [-0.4, -0.2) is 25.9 Å². The van der Waals surface area contributed by atoms with Gasteiger partial charge in [0.05, 0.1) is 23.2 Å². The van der Waals surface area contributed by atoms with E-state index in [9.17, 15) is 9.18 Å². The highest BCUT2D eigenvalue weighted by molar-refractivity contribution is 5.90. The molecule has 0 bridgehead atoms. The Morgan fingerprint density at radius 3 is 2.88 bits per heavy atom. The second kappa shape index (κ2) is 6.86. The van der Waals surface area contributed by atoms with Gasteiger partial charge in [0, 0.05) is 24.0 Å². The van der Waals surface area contributed by atoms with Crippen LogP contribution in [0.5, 0.6) is 0 Å². The van der Waals surface area contributed by atoms with Crippen LogP contribution in [-0.2, 0) is 11.3 Å². The van der Waals surface area contributed by atoms with Gasteiger partial charge >= 0.3 is 0 Å². The third kappa shape index (κ3) is 3.16. The summed E-state index contributed by atoms with van der Waals surface area (Å²) in [6.45, 7) is 4.20. The number of anilines is 2. The van der Waals surface area contributed by atoms with Gasteiger partial charge in [0.25, 0.3) is 5.91 Å². The molecule has 1 unspecified atom stereocenters. The smallest absolute Gasteiger partial charge is 0.250 e. The predicted molar refractivity (Wildman–Crippen MR) is 91.2 cm³/mol. The van der Waals surface area contributed by atoms with Crippen LogP contribution in [0.25, 0.3) is 11.0 Å². The van der Waals surface area contributed by atoms with Gasteiger partial charge in [0.2, 0.25) is 0 Å². The zero-order chi connectivity index (χ0) is 18.0. The SMILES string of the molecule is CCn1ncc2c(Nc3ccc(C(C)C(=O)NO)c(F)c3)ccnc21. The Bertz CT molecular complexity index is 925. The van der Waals surface area contributed by atoms with E-state index in [1.807, 2.05) is 6.92 Å². The van der Waals surface area contributed by atoms with Gasteiger partial charge in [-0.15, -0.1) is 0 Å². The summed E-state index contributed by atoms with van der Waals surface area (Å²) in [5.41, 5.74) is 3.79. The van der Waals surface area contributed by atoms with Gasteiger partial charge in [-0.1, -0.05) is 6.07 Å². The number of fused-ring (bicyclic) bond motifs is 1. The third-order valence-corrected chi connectivity index (χ3v) is 4.09. The number of aryl methyl sites for hydroxylation is 1. The molecule has 1 aromatic carbocycles. The Kier molecular flexibility index (Phi) is 4.62. The van der Waals surface area contributed by atoms with Gasteiger partial charge in [-0.2, -0.15) is 5.10 Å². The second-order valence-corrected chi connectivity index (χ2v) is 5.62. The highest BCUT2D eigenvalue weighted by atomic mass is 19.1. The molecule has 1 atom stereocenters. The first-order valence-corrected chi connectivity index (χ1v) is 7.86. The number of nitrogens with zero attached hydrogens (tertiary/aromatic N) is 3. The molecule has 2 heterocycles. The maximum absolute atomic E-state index is 14.3. The molecule has 0 spiro atoms. The van der Waals surface area contributed by atoms with Crippen molar-refractivity contribution in [2.24, 2.45) is 0 Å². The molecule has 1 amide bonds. The zero-order valence-electron chi connectivity index (χ0n) is 13.8. The quantitative estimate of drug-likeness (QED) is 0.489. The summed E-state index contributed by atoms with van der Waals surface area (Å²) in [4.78, 5) is 15.8. The molecular weight excluding hydrogens is 325 g/mol. The molecule has 25 heavy (non-hydrogen) atoms.